The lowest BCUT2D eigenvalue weighted by Gasteiger charge is -2.22. The quantitative estimate of drug-likeness (QED) is 0.381. The zero-order valence-electron chi connectivity index (χ0n) is 15.1. The minimum atomic E-state index is 0. The average molecular weight is 490 g/mol. The van der Waals surface area contributed by atoms with Crippen molar-refractivity contribution < 1.29 is 0 Å². The van der Waals surface area contributed by atoms with Crippen LogP contribution in [0, 0.1) is 0 Å². The summed E-state index contributed by atoms with van der Waals surface area (Å²) in [5.74, 6) is 1.42. The predicted molar refractivity (Wildman–Crippen MR) is 120 cm³/mol. The van der Waals surface area contributed by atoms with Gasteiger partial charge in [-0.15, -0.1) is 46.7 Å². The first-order valence-corrected chi connectivity index (χ1v) is 10.3. The number of guanidine groups is 1. The highest BCUT2D eigenvalue weighted by Gasteiger charge is 2.17. The number of aliphatic imine (C=N–C) groups is 1. The molecule has 3 rings (SSSR count). The number of fused-ring (bicyclic) bond motifs is 1. The smallest absolute Gasteiger partial charge is 0.193 e. The number of thiophene rings is 1. The summed E-state index contributed by atoms with van der Waals surface area (Å²) in [7, 11) is 3.94. The van der Waals surface area contributed by atoms with Crippen LogP contribution in [0.1, 0.15) is 46.1 Å². The van der Waals surface area contributed by atoms with Gasteiger partial charge in [-0.3, -0.25) is 4.99 Å². The van der Waals surface area contributed by atoms with Crippen molar-refractivity contribution in [3.8, 4) is 0 Å². The Balaban J connectivity index is 0.00000225. The lowest BCUT2D eigenvalue weighted by Crippen LogP contribution is -2.39. The monoisotopic (exact) mass is 490 g/mol. The van der Waals surface area contributed by atoms with Crippen LogP contribution >= 0.6 is 46.7 Å². The molecule has 25 heavy (non-hydrogen) atoms. The van der Waals surface area contributed by atoms with Crippen LogP contribution in [-0.2, 0) is 19.4 Å². The summed E-state index contributed by atoms with van der Waals surface area (Å²) in [6, 6.07) is 4.31. The normalized spacial score (nSPS) is 15.2. The van der Waals surface area contributed by atoms with Crippen LogP contribution in [0.3, 0.4) is 0 Å². The first-order valence-electron chi connectivity index (χ1n) is 8.60. The van der Waals surface area contributed by atoms with Crippen molar-refractivity contribution in [1.82, 2.24) is 15.2 Å². The summed E-state index contributed by atoms with van der Waals surface area (Å²) in [5.41, 5.74) is 1.34. The van der Waals surface area contributed by atoms with E-state index in [2.05, 4.69) is 46.7 Å². The molecule has 1 unspecified atom stereocenters. The van der Waals surface area contributed by atoms with Crippen molar-refractivity contribution in [1.29, 1.82) is 0 Å². The van der Waals surface area contributed by atoms with Crippen LogP contribution in [0.15, 0.2) is 22.5 Å². The largest absolute Gasteiger partial charge is 0.356 e. The Hall–Kier alpha value is -0.670. The fourth-order valence-corrected chi connectivity index (χ4v) is 5.05. The number of thiazole rings is 1. The number of nitrogens with zero attached hydrogens (tertiary/aromatic N) is 3. The molecule has 1 N–H and O–H groups in total. The van der Waals surface area contributed by atoms with E-state index >= 15 is 0 Å². The van der Waals surface area contributed by atoms with Crippen molar-refractivity contribution in [2.45, 2.75) is 45.1 Å². The first kappa shape index (κ1) is 20.6. The van der Waals surface area contributed by atoms with E-state index in [-0.39, 0.29) is 24.0 Å². The zero-order valence-corrected chi connectivity index (χ0v) is 19.1. The predicted octanol–water partition coefficient (Wildman–Crippen LogP) is 4.51. The minimum absolute atomic E-state index is 0. The Morgan fingerprint density at radius 3 is 2.88 bits per heavy atom. The van der Waals surface area contributed by atoms with E-state index in [1.807, 2.05) is 29.7 Å². The molecular weight excluding hydrogens is 463 g/mol. The number of hydrogen-bond donors (Lipinski definition) is 1. The van der Waals surface area contributed by atoms with E-state index in [1.54, 1.807) is 0 Å². The lowest BCUT2D eigenvalue weighted by atomic mass is 10.0. The molecule has 0 aliphatic heterocycles. The van der Waals surface area contributed by atoms with Crippen LogP contribution < -0.4 is 5.32 Å². The van der Waals surface area contributed by atoms with Crippen LogP contribution in [0.25, 0.3) is 0 Å². The van der Waals surface area contributed by atoms with Gasteiger partial charge in [0.25, 0.3) is 0 Å². The molecule has 0 saturated carbocycles. The molecule has 7 heteroatoms. The molecule has 1 aliphatic rings. The fourth-order valence-electron chi connectivity index (χ4n) is 3.05. The molecule has 2 aromatic rings. The maximum Gasteiger partial charge on any atom is 0.193 e. The highest BCUT2D eigenvalue weighted by molar-refractivity contribution is 14.0. The van der Waals surface area contributed by atoms with Gasteiger partial charge in [0.1, 0.15) is 5.01 Å². The van der Waals surface area contributed by atoms with Gasteiger partial charge in [-0.2, -0.15) is 0 Å². The second kappa shape index (κ2) is 9.87. The number of halogens is 1. The standard InChI is InChI=1S/C18H26N4S2.HI/c1-13(15-9-6-10-23-15)11-20-18(19-2)22(3)12-17-21-14-7-4-5-8-16(14)24-17;/h6,9-10,13H,4-5,7-8,11-12H2,1-3H3,(H,19,20);1H. The lowest BCUT2D eigenvalue weighted by molar-refractivity contribution is 0.472. The molecule has 0 fully saturated rings. The van der Waals surface area contributed by atoms with Crippen molar-refractivity contribution in [3.05, 3.63) is 38.0 Å². The second-order valence-electron chi connectivity index (χ2n) is 6.39. The highest BCUT2D eigenvalue weighted by Crippen LogP contribution is 2.27. The minimum Gasteiger partial charge on any atom is -0.356 e. The Bertz CT molecular complexity index is 658. The molecule has 138 valence electrons. The number of hydrogen-bond acceptors (Lipinski definition) is 4. The first-order chi connectivity index (χ1) is 11.7. The van der Waals surface area contributed by atoms with Gasteiger partial charge < -0.3 is 10.2 Å². The van der Waals surface area contributed by atoms with Crippen molar-refractivity contribution in [3.63, 3.8) is 0 Å². The third kappa shape index (κ3) is 5.40. The summed E-state index contributed by atoms with van der Waals surface area (Å²) in [4.78, 5) is 14.4. The number of rotatable bonds is 5. The van der Waals surface area contributed by atoms with Gasteiger partial charge in [-0.05, 0) is 37.1 Å². The SMILES string of the molecule is CN=C(NCC(C)c1cccs1)N(C)Cc1nc2c(s1)CCCC2.I. The summed E-state index contributed by atoms with van der Waals surface area (Å²) in [6.45, 7) is 3.97. The van der Waals surface area contributed by atoms with E-state index in [9.17, 15) is 0 Å². The van der Waals surface area contributed by atoms with Gasteiger partial charge in [-0.25, -0.2) is 4.98 Å². The molecule has 0 saturated heterocycles. The van der Waals surface area contributed by atoms with E-state index in [0.717, 1.165) is 25.5 Å². The highest BCUT2D eigenvalue weighted by atomic mass is 127. The second-order valence-corrected chi connectivity index (χ2v) is 8.53. The molecule has 0 amide bonds. The maximum atomic E-state index is 4.84. The molecule has 0 aromatic carbocycles. The van der Waals surface area contributed by atoms with Crippen molar-refractivity contribution in [2.24, 2.45) is 4.99 Å². The Kier molecular flexibility index (Phi) is 8.15. The number of nitrogens with one attached hydrogen (secondary N) is 1. The van der Waals surface area contributed by atoms with Crippen LogP contribution in [-0.4, -0.2) is 36.5 Å². The molecule has 1 atom stereocenters. The molecule has 0 radical (unpaired) electrons. The molecule has 1 aliphatic carbocycles. The maximum absolute atomic E-state index is 4.84. The van der Waals surface area contributed by atoms with Crippen LogP contribution in [0.5, 0.6) is 0 Å². The Morgan fingerprint density at radius 2 is 2.20 bits per heavy atom. The molecule has 2 aromatic heterocycles. The van der Waals surface area contributed by atoms with Crippen molar-refractivity contribution in [2.75, 3.05) is 20.6 Å². The van der Waals surface area contributed by atoms with E-state index in [0.29, 0.717) is 5.92 Å². The molecule has 0 spiro atoms. The summed E-state index contributed by atoms with van der Waals surface area (Å²) in [6.07, 6.45) is 4.97. The van der Waals surface area contributed by atoms with Crippen LogP contribution in [0.2, 0.25) is 0 Å². The van der Waals surface area contributed by atoms with Gasteiger partial charge in [0, 0.05) is 36.3 Å². The van der Waals surface area contributed by atoms with E-state index < -0.39 is 0 Å². The molecule has 2 heterocycles. The van der Waals surface area contributed by atoms with Gasteiger partial charge >= 0.3 is 0 Å². The Labute approximate surface area is 175 Å². The molecule has 4 nitrogen and oxygen atoms in total. The van der Waals surface area contributed by atoms with E-state index in [1.165, 1.54) is 39.7 Å². The summed E-state index contributed by atoms with van der Waals surface area (Å²) >= 11 is 3.69. The zero-order chi connectivity index (χ0) is 16.9. The molecular formula is C18H27IN4S2. The van der Waals surface area contributed by atoms with Crippen LogP contribution in [0.4, 0.5) is 0 Å². The van der Waals surface area contributed by atoms with Gasteiger partial charge in [0.05, 0.1) is 12.2 Å². The summed E-state index contributed by atoms with van der Waals surface area (Å²) in [5, 5.41) is 6.84. The van der Waals surface area contributed by atoms with Gasteiger partial charge in [0.15, 0.2) is 5.96 Å². The Morgan fingerprint density at radius 1 is 1.40 bits per heavy atom. The topological polar surface area (TPSA) is 40.5 Å². The van der Waals surface area contributed by atoms with Gasteiger partial charge in [0.2, 0.25) is 0 Å². The summed E-state index contributed by atoms with van der Waals surface area (Å²) < 4.78 is 0. The number of aromatic nitrogens is 1. The average Bonchev–Trinajstić information content (AvgIpc) is 3.24. The van der Waals surface area contributed by atoms with E-state index in [4.69, 9.17) is 4.98 Å². The van der Waals surface area contributed by atoms with Crippen molar-refractivity contribution >= 4 is 52.6 Å². The van der Waals surface area contributed by atoms with Gasteiger partial charge in [-0.1, -0.05) is 13.0 Å². The third-order valence-electron chi connectivity index (χ3n) is 4.43. The fraction of sp³-hybridized carbons (Fsp3) is 0.556. The third-order valence-corrected chi connectivity index (χ3v) is 6.68. The molecule has 0 bridgehead atoms. The number of aryl methyl sites for hydroxylation is 2.